The van der Waals surface area contributed by atoms with Crippen LogP contribution in [0.1, 0.15) is 40.5 Å². The van der Waals surface area contributed by atoms with Crippen LogP contribution >= 0.6 is 0 Å². The number of nitrogens with one attached hydrogen (secondary N) is 1. The van der Waals surface area contributed by atoms with Crippen LogP contribution in [0.15, 0.2) is 48.5 Å². The number of carbonyl (C=O) groups is 3. The summed E-state index contributed by atoms with van der Waals surface area (Å²) in [5.74, 6) is -0.460. The van der Waals surface area contributed by atoms with Crippen molar-refractivity contribution in [3.8, 4) is 5.75 Å². The highest BCUT2D eigenvalue weighted by atomic mass is 16.5. The Kier molecular flexibility index (Phi) is 6.91. The van der Waals surface area contributed by atoms with Gasteiger partial charge in [0, 0.05) is 17.7 Å². The predicted molar refractivity (Wildman–Crippen MR) is 97.6 cm³/mol. The number of hydrogen-bond donors (Lipinski definition) is 1. The molecular formula is C20H21NO5. The maximum Gasteiger partial charge on any atom is 0.338 e. The van der Waals surface area contributed by atoms with E-state index in [1.807, 2.05) is 6.92 Å². The van der Waals surface area contributed by atoms with Crippen LogP contribution in [0.5, 0.6) is 5.75 Å². The molecular weight excluding hydrogens is 334 g/mol. The fourth-order valence-corrected chi connectivity index (χ4v) is 2.24. The van der Waals surface area contributed by atoms with Gasteiger partial charge in [0.25, 0.3) is 0 Å². The highest BCUT2D eigenvalue weighted by Crippen LogP contribution is 2.14. The number of hydrogen-bond acceptors (Lipinski definition) is 5. The first-order valence-electron chi connectivity index (χ1n) is 8.27. The van der Waals surface area contributed by atoms with E-state index in [0.717, 1.165) is 6.42 Å². The number of carbonyl (C=O) groups excluding carboxylic acids is 3. The number of ketones is 1. The van der Waals surface area contributed by atoms with Gasteiger partial charge in [-0.15, -0.1) is 0 Å². The molecule has 0 aromatic heterocycles. The zero-order valence-electron chi connectivity index (χ0n) is 14.8. The van der Waals surface area contributed by atoms with Gasteiger partial charge in [0.05, 0.1) is 12.7 Å². The van der Waals surface area contributed by atoms with Gasteiger partial charge in [-0.05, 0) is 48.9 Å². The number of esters is 1. The highest BCUT2D eigenvalue weighted by Gasteiger charge is 2.13. The molecule has 1 amide bonds. The van der Waals surface area contributed by atoms with E-state index in [4.69, 9.17) is 9.47 Å². The molecule has 0 aliphatic heterocycles. The summed E-state index contributed by atoms with van der Waals surface area (Å²) in [5, 5.41) is 2.74. The Morgan fingerprint density at radius 3 is 2.38 bits per heavy atom. The lowest BCUT2D eigenvalue weighted by Crippen LogP contribution is -2.14. The molecule has 2 aromatic carbocycles. The molecule has 26 heavy (non-hydrogen) atoms. The molecule has 0 radical (unpaired) electrons. The SMILES string of the molecule is CCCC(=O)Nc1ccc(C(=O)COC(=O)c2cccc(OC)c2)cc1. The standard InChI is InChI=1S/C20H21NO5/c1-3-5-19(23)21-16-10-8-14(9-11-16)18(22)13-26-20(24)15-6-4-7-17(12-15)25-2/h4,6-12H,3,5,13H2,1-2H3,(H,21,23). The van der Waals surface area contributed by atoms with Crippen molar-refractivity contribution in [2.24, 2.45) is 0 Å². The van der Waals surface area contributed by atoms with Gasteiger partial charge in [-0.25, -0.2) is 4.79 Å². The molecule has 0 spiro atoms. The molecule has 0 fully saturated rings. The van der Waals surface area contributed by atoms with E-state index in [9.17, 15) is 14.4 Å². The molecule has 1 N–H and O–H groups in total. The Balaban J connectivity index is 1.91. The minimum atomic E-state index is -0.597. The van der Waals surface area contributed by atoms with Crippen molar-refractivity contribution in [3.63, 3.8) is 0 Å². The monoisotopic (exact) mass is 355 g/mol. The van der Waals surface area contributed by atoms with Crippen molar-refractivity contribution in [1.82, 2.24) is 0 Å². The minimum Gasteiger partial charge on any atom is -0.497 e. The van der Waals surface area contributed by atoms with Crippen molar-refractivity contribution in [3.05, 3.63) is 59.7 Å². The number of benzene rings is 2. The molecule has 136 valence electrons. The van der Waals surface area contributed by atoms with Crippen LogP contribution in [-0.2, 0) is 9.53 Å². The first-order valence-corrected chi connectivity index (χ1v) is 8.27. The van der Waals surface area contributed by atoms with Gasteiger partial charge in [0.1, 0.15) is 5.75 Å². The van der Waals surface area contributed by atoms with Crippen LogP contribution in [0.4, 0.5) is 5.69 Å². The van der Waals surface area contributed by atoms with Crippen LogP contribution < -0.4 is 10.1 Å². The first kappa shape index (κ1) is 19.2. The van der Waals surface area contributed by atoms with E-state index in [1.165, 1.54) is 7.11 Å². The second-order valence-corrected chi connectivity index (χ2v) is 5.61. The van der Waals surface area contributed by atoms with Crippen LogP contribution in [0.3, 0.4) is 0 Å². The molecule has 0 aliphatic rings. The fraction of sp³-hybridized carbons (Fsp3) is 0.250. The predicted octanol–water partition coefficient (Wildman–Crippen LogP) is 3.47. The molecule has 0 bridgehead atoms. The van der Waals surface area contributed by atoms with E-state index < -0.39 is 5.97 Å². The zero-order chi connectivity index (χ0) is 18.9. The average Bonchev–Trinajstić information content (AvgIpc) is 2.66. The van der Waals surface area contributed by atoms with Crippen molar-refractivity contribution >= 4 is 23.3 Å². The largest absolute Gasteiger partial charge is 0.497 e. The van der Waals surface area contributed by atoms with Crippen molar-refractivity contribution in [2.75, 3.05) is 19.0 Å². The summed E-state index contributed by atoms with van der Waals surface area (Å²) in [6.45, 7) is 1.56. The summed E-state index contributed by atoms with van der Waals surface area (Å²) in [6.07, 6.45) is 1.21. The van der Waals surface area contributed by atoms with Gasteiger partial charge in [-0.1, -0.05) is 13.0 Å². The molecule has 0 heterocycles. The smallest absolute Gasteiger partial charge is 0.338 e. The van der Waals surface area contributed by atoms with Crippen molar-refractivity contribution < 1.29 is 23.9 Å². The Morgan fingerprint density at radius 1 is 1.00 bits per heavy atom. The molecule has 6 nitrogen and oxygen atoms in total. The second kappa shape index (κ2) is 9.36. The summed E-state index contributed by atoms with van der Waals surface area (Å²) in [5.41, 5.74) is 1.33. The molecule has 6 heteroatoms. The van der Waals surface area contributed by atoms with E-state index in [2.05, 4.69) is 5.32 Å². The van der Waals surface area contributed by atoms with Crippen LogP contribution in [-0.4, -0.2) is 31.4 Å². The van der Waals surface area contributed by atoms with Gasteiger partial charge in [-0.2, -0.15) is 0 Å². The summed E-state index contributed by atoms with van der Waals surface area (Å²) in [7, 11) is 1.50. The van der Waals surface area contributed by atoms with Gasteiger partial charge in [-0.3, -0.25) is 9.59 Å². The molecule has 2 rings (SSSR count). The number of amides is 1. The lowest BCUT2D eigenvalue weighted by Gasteiger charge is -2.07. The Morgan fingerprint density at radius 2 is 1.73 bits per heavy atom. The third-order valence-corrected chi connectivity index (χ3v) is 3.61. The van der Waals surface area contributed by atoms with Gasteiger partial charge in [0.15, 0.2) is 12.4 Å². The number of rotatable bonds is 8. The Bertz CT molecular complexity index is 783. The maximum absolute atomic E-state index is 12.2. The highest BCUT2D eigenvalue weighted by molar-refractivity contribution is 6.00. The lowest BCUT2D eigenvalue weighted by atomic mass is 10.1. The minimum absolute atomic E-state index is 0.0706. The van der Waals surface area contributed by atoms with Crippen LogP contribution in [0.25, 0.3) is 0 Å². The number of ether oxygens (including phenoxy) is 2. The molecule has 0 aliphatic carbocycles. The lowest BCUT2D eigenvalue weighted by molar-refractivity contribution is -0.116. The number of methoxy groups -OCH3 is 1. The average molecular weight is 355 g/mol. The van der Waals surface area contributed by atoms with E-state index in [1.54, 1.807) is 48.5 Å². The van der Waals surface area contributed by atoms with Gasteiger partial charge >= 0.3 is 5.97 Å². The molecule has 0 saturated carbocycles. The molecule has 2 aromatic rings. The number of Topliss-reactive ketones (excluding diaryl/α,β-unsaturated/α-hetero) is 1. The van der Waals surface area contributed by atoms with Crippen LogP contribution in [0, 0.1) is 0 Å². The quantitative estimate of drug-likeness (QED) is 0.579. The summed E-state index contributed by atoms with van der Waals surface area (Å²) < 4.78 is 10.1. The van der Waals surface area contributed by atoms with E-state index in [0.29, 0.717) is 29.0 Å². The number of anilines is 1. The van der Waals surface area contributed by atoms with Crippen LogP contribution in [0.2, 0.25) is 0 Å². The van der Waals surface area contributed by atoms with Gasteiger partial charge < -0.3 is 14.8 Å². The normalized spacial score (nSPS) is 10.1. The third kappa shape index (κ3) is 5.44. The van der Waals surface area contributed by atoms with E-state index >= 15 is 0 Å². The second-order valence-electron chi connectivity index (χ2n) is 5.61. The topological polar surface area (TPSA) is 81.7 Å². The van der Waals surface area contributed by atoms with Crippen molar-refractivity contribution in [2.45, 2.75) is 19.8 Å². The third-order valence-electron chi connectivity index (χ3n) is 3.61. The zero-order valence-corrected chi connectivity index (χ0v) is 14.8. The summed E-state index contributed by atoms with van der Waals surface area (Å²) >= 11 is 0. The fourth-order valence-electron chi connectivity index (χ4n) is 2.24. The molecule has 0 saturated heterocycles. The maximum atomic E-state index is 12.2. The van der Waals surface area contributed by atoms with Gasteiger partial charge in [0.2, 0.25) is 5.91 Å². The summed E-state index contributed by atoms with van der Waals surface area (Å²) in [6, 6.07) is 13.0. The Hall–Kier alpha value is -3.15. The first-order chi connectivity index (χ1) is 12.5. The van der Waals surface area contributed by atoms with Crippen molar-refractivity contribution in [1.29, 1.82) is 0 Å². The molecule has 0 unspecified atom stereocenters. The molecule has 0 atom stereocenters. The van der Waals surface area contributed by atoms with E-state index in [-0.39, 0.29) is 18.3 Å². The Labute approximate surface area is 152 Å². The summed E-state index contributed by atoms with van der Waals surface area (Å²) in [4.78, 5) is 35.7.